The summed E-state index contributed by atoms with van der Waals surface area (Å²) in [6.45, 7) is 2.14. The van der Waals surface area contributed by atoms with Crippen LogP contribution in [0.15, 0.2) is 30.3 Å². The minimum Gasteiger partial charge on any atom is -0.464 e. The van der Waals surface area contributed by atoms with Crippen molar-refractivity contribution < 1.29 is 24.2 Å². The third kappa shape index (κ3) is 3.95. The molecule has 114 valence electrons. The van der Waals surface area contributed by atoms with Gasteiger partial charge in [0, 0.05) is 6.42 Å². The van der Waals surface area contributed by atoms with Crippen LogP contribution in [-0.2, 0) is 20.9 Å². The summed E-state index contributed by atoms with van der Waals surface area (Å²) in [5.74, 6) is -0.509. The number of amides is 1. The van der Waals surface area contributed by atoms with Gasteiger partial charge in [-0.2, -0.15) is 0 Å². The predicted octanol–water partition coefficient (Wildman–Crippen LogP) is 1.32. The van der Waals surface area contributed by atoms with Gasteiger partial charge in [-0.05, 0) is 12.5 Å². The number of nitrogens with zero attached hydrogens (tertiary/aromatic N) is 1. The molecular formula is C15H19NO5. The van der Waals surface area contributed by atoms with Gasteiger partial charge in [-0.1, -0.05) is 30.3 Å². The number of likely N-dealkylation sites (tertiary alicyclic amines) is 1. The summed E-state index contributed by atoms with van der Waals surface area (Å²) in [5.41, 5.74) is 0.860. The van der Waals surface area contributed by atoms with Crippen molar-refractivity contribution in [2.45, 2.75) is 32.1 Å². The molecule has 1 aliphatic heterocycles. The zero-order valence-corrected chi connectivity index (χ0v) is 11.9. The number of hydrogen-bond donors (Lipinski definition) is 1. The molecule has 1 fully saturated rings. The van der Waals surface area contributed by atoms with Crippen molar-refractivity contribution >= 4 is 12.1 Å². The van der Waals surface area contributed by atoms with Gasteiger partial charge >= 0.3 is 12.1 Å². The van der Waals surface area contributed by atoms with Crippen LogP contribution < -0.4 is 0 Å². The highest BCUT2D eigenvalue weighted by Gasteiger charge is 2.40. The molecule has 21 heavy (non-hydrogen) atoms. The van der Waals surface area contributed by atoms with Crippen LogP contribution >= 0.6 is 0 Å². The first kappa shape index (κ1) is 15.3. The number of aliphatic hydroxyl groups excluding tert-OH is 1. The Hall–Kier alpha value is -2.08. The molecule has 1 aliphatic rings. The lowest BCUT2D eigenvalue weighted by Gasteiger charge is -2.22. The van der Waals surface area contributed by atoms with Gasteiger partial charge in [0.2, 0.25) is 0 Å². The fraction of sp³-hybridized carbons (Fsp3) is 0.467. The average Bonchev–Trinajstić information content (AvgIpc) is 2.88. The molecule has 1 aromatic rings. The van der Waals surface area contributed by atoms with Crippen LogP contribution in [0.25, 0.3) is 0 Å². The first-order valence-electron chi connectivity index (χ1n) is 6.93. The van der Waals surface area contributed by atoms with Gasteiger partial charge in [-0.25, -0.2) is 9.59 Å². The average molecular weight is 293 g/mol. The Balaban J connectivity index is 1.94. The minimum atomic E-state index is -0.775. The molecule has 0 saturated carbocycles. The maximum Gasteiger partial charge on any atom is 0.410 e. The van der Waals surface area contributed by atoms with Crippen LogP contribution in [0.3, 0.4) is 0 Å². The van der Waals surface area contributed by atoms with E-state index in [1.807, 2.05) is 30.3 Å². The molecule has 0 aliphatic carbocycles. The molecule has 0 bridgehead atoms. The fourth-order valence-electron chi connectivity index (χ4n) is 2.28. The van der Waals surface area contributed by atoms with E-state index in [9.17, 15) is 14.7 Å². The van der Waals surface area contributed by atoms with Crippen molar-refractivity contribution in [1.82, 2.24) is 4.90 Å². The van der Waals surface area contributed by atoms with Crippen LogP contribution in [0.5, 0.6) is 0 Å². The Kier molecular flexibility index (Phi) is 5.16. The van der Waals surface area contributed by atoms with Crippen LogP contribution in [0.4, 0.5) is 4.79 Å². The van der Waals surface area contributed by atoms with Gasteiger partial charge in [0.25, 0.3) is 0 Å². The van der Waals surface area contributed by atoms with Crippen molar-refractivity contribution in [3.05, 3.63) is 35.9 Å². The van der Waals surface area contributed by atoms with E-state index in [-0.39, 0.29) is 26.2 Å². The highest BCUT2D eigenvalue weighted by Crippen LogP contribution is 2.20. The highest BCUT2D eigenvalue weighted by molar-refractivity contribution is 5.82. The van der Waals surface area contributed by atoms with E-state index < -0.39 is 24.2 Å². The number of β-amino-alcohol motifs (C(OH)–C–C–N with tert-alkyl or cyclic N) is 1. The third-order valence-electron chi connectivity index (χ3n) is 3.28. The number of ether oxygens (including phenoxy) is 2. The molecule has 2 atom stereocenters. The summed E-state index contributed by atoms with van der Waals surface area (Å²) < 4.78 is 10.1. The van der Waals surface area contributed by atoms with Crippen molar-refractivity contribution in [2.24, 2.45) is 0 Å². The monoisotopic (exact) mass is 293 g/mol. The molecule has 6 nitrogen and oxygen atoms in total. The fourth-order valence-corrected chi connectivity index (χ4v) is 2.28. The summed E-state index contributed by atoms with van der Waals surface area (Å²) in [7, 11) is 0. The van der Waals surface area contributed by atoms with E-state index in [1.54, 1.807) is 6.92 Å². The lowest BCUT2D eigenvalue weighted by molar-refractivity contribution is -0.148. The van der Waals surface area contributed by atoms with E-state index in [0.29, 0.717) is 0 Å². The van der Waals surface area contributed by atoms with Crippen molar-refractivity contribution in [3.63, 3.8) is 0 Å². The molecule has 1 amide bonds. The van der Waals surface area contributed by atoms with Crippen LogP contribution in [0.1, 0.15) is 18.9 Å². The largest absolute Gasteiger partial charge is 0.464 e. The zero-order valence-electron chi connectivity index (χ0n) is 11.9. The molecule has 0 aromatic heterocycles. The molecule has 0 spiro atoms. The number of rotatable bonds is 4. The summed E-state index contributed by atoms with van der Waals surface area (Å²) in [5, 5.41) is 9.66. The Labute approximate surface area is 123 Å². The van der Waals surface area contributed by atoms with E-state index in [2.05, 4.69) is 0 Å². The maximum atomic E-state index is 12.1. The molecule has 1 unspecified atom stereocenters. The van der Waals surface area contributed by atoms with Crippen LogP contribution in [-0.4, -0.2) is 47.4 Å². The van der Waals surface area contributed by atoms with E-state index in [1.165, 1.54) is 4.90 Å². The smallest absolute Gasteiger partial charge is 0.410 e. The summed E-state index contributed by atoms with van der Waals surface area (Å²) in [6, 6.07) is 8.49. The number of carbonyl (C=O) groups is 2. The Morgan fingerprint density at radius 2 is 2.00 bits per heavy atom. The quantitative estimate of drug-likeness (QED) is 0.847. The predicted molar refractivity (Wildman–Crippen MR) is 74.4 cm³/mol. The maximum absolute atomic E-state index is 12.1. The second-order valence-electron chi connectivity index (χ2n) is 4.85. The SMILES string of the molecule is CCOC(=O)[C@H]1CC(O)CN1C(=O)OCc1ccccc1. The number of aliphatic hydroxyl groups is 1. The standard InChI is InChI=1S/C15H19NO5/c1-2-20-14(18)13-8-12(17)9-16(13)15(19)21-10-11-6-4-3-5-7-11/h3-7,12-13,17H,2,8-10H2,1H3/t12?,13-/m1/s1. The lowest BCUT2D eigenvalue weighted by Crippen LogP contribution is -2.41. The zero-order chi connectivity index (χ0) is 15.2. The first-order valence-corrected chi connectivity index (χ1v) is 6.93. The molecule has 1 N–H and O–H groups in total. The summed E-state index contributed by atoms with van der Waals surface area (Å²) in [4.78, 5) is 25.1. The van der Waals surface area contributed by atoms with Crippen molar-refractivity contribution in [2.75, 3.05) is 13.2 Å². The van der Waals surface area contributed by atoms with E-state index in [4.69, 9.17) is 9.47 Å². The molecule has 2 rings (SSSR count). The van der Waals surface area contributed by atoms with E-state index >= 15 is 0 Å². The van der Waals surface area contributed by atoms with Gasteiger partial charge in [0.15, 0.2) is 0 Å². The van der Waals surface area contributed by atoms with Gasteiger partial charge in [0.05, 0.1) is 19.3 Å². The second kappa shape index (κ2) is 7.08. The summed E-state index contributed by atoms with van der Waals surface area (Å²) >= 11 is 0. The molecule has 0 radical (unpaired) electrons. The Morgan fingerprint density at radius 1 is 1.29 bits per heavy atom. The molecule has 1 saturated heterocycles. The van der Waals surface area contributed by atoms with Gasteiger partial charge in [0.1, 0.15) is 12.6 Å². The second-order valence-corrected chi connectivity index (χ2v) is 4.85. The third-order valence-corrected chi connectivity index (χ3v) is 3.28. The molecule has 1 heterocycles. The number of esters is 1. The Morgan fingerprint density at radius 3 is 2.67 bits per heavy atom. The van der Waals surface area contributed by atoms with Crippen LogP contribution in [0, 0.1) is 0 Å². The normalized spacial score (nSPS) is 21.1. The Bertz CT molecular complexity index is 490. The minimum absolute atomic E-state index is 0.0805. The molecule has 1 aromatic carbocycles. The number of benzene rings is 1. The highest BCUT2D eigenvalue weighted by atomic mass is 16.6. The topological polar surface area (TPSA) is 76.1 Å². The van der Waals surface area contributed by atoms with E-state index in [0.717, 1.165) is 5.56 Å². The summed E-state index contributed by atoms with van der Waals surface area (Å²) in [6.07, 6.45) is -1.17. The van der Waals surface area contributed by atoms with Gasteiger partial charge in [-0.3, -0.25) is 4.90 Å². The number of hydrogen-bond acceptors (Lipinski definition) is 5. The van der Waals surface area contributed by atoms with Gasteiger partial charge < -0.3 is 14.6 Å². The first-order chi connectivity index (χ1) is 10.1. The van der Waals surface area contributed by atoms with Crippen LogP contribution in [0.2, 0.25) is 0 Å². The van der Waals surface area contributed by atoms with Crippen molar-refractivity contribution in [3.8, 4) is 0 Å². The van der Waals surface area contributed by atoms with Gasteiger partial charge in [-0.15, -0.1) is 0 Å². The van der Waals surface area contributed by atoms with Crippen molar-refractivity contribution in [1.29, 1.82) is 0 Å². The number of carbonyl (C=O) groups excluding carboxylic acids is 2. The molecular weight excluding hydrogens is 274 g/mol. The lowest BCUT2D eigenvalue weighted by atomic mass is 10.2. The molecule has 6 heteroatoms.